The van der Waals surface area contributed by atoms with Crippen LogP contribution in [0.2, 0.25) is 0 Å². The molecule has 0 aromatic heterocycles. The zero-order valence-corrected chi connectivity index (χ0v) is 10.2. The topological polar surface area (TPSA) is 75.6 Å². The van der Waals surface area contributed by atoms with Crippen LogP contribution in [0.4, 0.5) is 0 Å². The quantitative estimate of drug-likeness (QED) is 0.776. The Kier molecular flexibility index (Phi) is 4.92. The minimum absolute atomic E-state index is 0.271. The first-order chi connectivity index (χ1) is 8.54. The van der Waals surface area contributed by atoms with Crippen LogP contribution in [-0.4, -0.2) is 24.1 Å². The van der Waals surface area contributed by atoms with E-state index in [1.807, 2.05) is 18.2 Å². The summed E-state index contributed by atoms with van der Waals surface area (Å²) in [6.07, 6.45) is 1.78. The highest BCUT2D eigenvalue weighted by molar-refractivity contribution is 5.94. The van der Waals surface area contributed by atoms with Gasteiger partial charge in [-0.2, -0.15) is 0 Å². The van der Waals surface area contributed by atoms with Crippen molar-refractivity contribution in [3.63, 3.8) is 0 Å². The maximum Gasteiger partial charge on any atom is 0.328 e. The summed E-state index contributed by atoms with van der Waals surface area (Å²) >= 11 is 0. The second kappa shape index (κ2) is 6.44. The number of nitrogens with one attached hydrogen (secondary N) is 1. The van der Waals surface area contributed by atoms with E-state index in [1.165, 1.54) is 0 Å². The van der Waals surface area contributed by atoms with Crippen LogP contribution in [0.25, 0.3) is 0 Å². The lowest BCUT2D eigenvalue weighted by Crippen LogP contribution is -2.25. The molecule has 0 aliphatic heterocycles. The molecule has 1 rings (SSSR count). The first kappa shape index (κ1) is 13.8. The maximum atomic E-state index is 11.4. The number of para-hydroxylation sites is 1. The average Bonchev–Trinajstić information content (AvgIpc) is 2.36. The van der Waals surface area contributed by atoms with Gasteiger partial charge in [0.15, 0.2) is 0 Å². The van der Waals surface area contributed by atoms with Gasteiger partial charge >= 0.3 is 5.97 Å². The third-order valence-corrected chi connectivity index (χ3v) is 2.34. The molecule has 0 saturated carbocycles. The molecule has 0 unspecified atom stereocenters. The molecule has 18 heavy (non-hydrogen) atoms. The Bertz CT molecular complexity index is 468. The monoisotopic (exact) mass is 249 g/mol. The van der Waals surface area contributed by atoms with Gasteiger partial charge in [0.25, 0.3) is 0 Å². The number of hydrogen-bond donors (Lipinski definition) is 2. The molecule has 0 heterocycles. The van der Waals surface area contributed by atoms with E-state index in [9.17, 15) is 9.59 Å². The van der Waals surface area contributed by atoms with Crippen molar-refractivity contribution in [3.05, 3.63) is 42.0 Å². The standard InChI is InChI=1S/C13H15NO4/c1-9(14-12(15)7-8-13(16)17)10-5-3-4-6-11(10)18-2/h3-9H,1-2H3,(H,14,15)(H,16,17)/b8-7+/t9-/m0/s1. The summed E-state index contributed by atoms with van der Waals surface area (Å²) in [5, 5.41) is 11.1. The van der Waals surface area contributed by atoms with Crippen molar-refractivity contribution in [1.29, 1.82) is 0 Å². The number of carboxylic acid groups (broad SMARTS) is 1. The van der Waals surface area contributed by atoms with Crippen LogP contribution in [0.3, 0.4) is 0 Å². The summed E-state index contributed by atoms with van der Waals surface area (Å²) in [5.74, 6) is -0.946. The highest BCUT2D eigenvalue weighted by Gasteiger charge is 2.12. The summed E-state index contributed by atoms with van der Waals surface area (Å²) < 4.78 is 5.18. The number of carbonyl (C=O) groups is 2. The minimum atomic E-state index is -1.16. The fourth-order valence-electron chi connectivity index (χ4n) is 1.51. The SMILES string of the molecule is COc1ccccc1[C@H](C)NC(=O)/C=C/C(=O)O. The molecule has 0 saturated heterocycles. The van der Waals surface area contributed by atoms with Crippen molar-refractivity contribution in [3.8, 4) is 5.75 Å². The van der Waals surface area contributed by atoms with Crippen LogP contribution in [0.15, 0.2) is 36.4 Å². The summed E-state index contributed by atoms with van der Waals surface area (Å²) in [4.78, 5) is 21.7. The second-order valence-electron chi connectivity index (χ2n) is 3.64. The average molecular weight is 249 g/mol. The van der Waals surface area contributed by atoms with Crippen LogP contribution < -0.4 is 10.1 Å². The molecule has 96 valence electrons. The van der Waals surface area contributed by atoms with Crippen LogP contribution in [0, 0.1) is 0 Å². The molecule has 1 aromatic carbocycles. The summed E-state index contributed by atoms with van der Waals surface area (Å²) in [6, 6.07) is 7.04. The van der Waals surface area contributed by atoms with Gasteiger partial charge in [0, 0.05) is 17.7 Å². The fourth-order valence-corrected chi connectivity index (χ4v) is 1.51. The van der Waals surface area contributed by atoms with Crippen molar-refractivity contribution >= 4 is 11.9 Å². The number of aliphatic carboxylic acids is 1. The minimum Gasteiger partial charge on any atom is -0.496 e. The summed E-state index contributed by atoms with van der Waals surface area (Å²) in [6.45, 7) is 1.80. The van der Waals surface area contributed by atoms with Gasteiger partial charge in [-0.3, -0.25) is 4.79 Å². The lowest BCUT2D eigenvalue weighted by Gasteiger charge is -2.16. The van der Waals surface area contributed by atoms with Gasteiger partial charge in [0.1, 0.15) is 5.75 Å². The van der Waals surface area contributed by atoms with Crippen molar-refractivity contribution in [2.45, 2.75) is 13.0 Å². The van der Waals surface area contributed by atoms with Crippen molar-refractivity contribution in [2.24, 2.45) is 0 Å². The number of rotatable bonds is 5. The van der Waals surface area contributed by atoms with Crippen LogP contribution in [0.5, 0.6) is 5.75 Å². The molecule has 1 aromatic rings. The van der Waals surface area contributed by atoms with Crippen molar-refractivity contribution in [1.82, 2.24) is 5.32 Å². The van der Waals surface area contributed by atoms with E-state index < -0.39 is 11.9 Å². The Morgan fingerprint density at radius 3 is 2.61 bits per heavy atom. The molecule has 1 atom stereocenters. The Morgan fingerprint density at radius 1 is 1.33 bits per heavy atom. The zero-order chi connectivity index (χ0) is 13.5. The van der Waals surface area contributed by atoms with E-state index in [0.717, 1.165) is 17.7 Å². The lowest BCUT2D eigenvalue weighted by molar-refractivity contribution is -0.131. The van der Waals surface area contributed by atoms with E-state index >= 15 is 0 Å². The fraction of sp³-hybridized carbons (Fsp3) is 0.231. The molecule has 5 nitrogen and oxygen atoms in total. The Morgan fingerprint density at radius 2 is 2.00 bits per heavy atom. The van der Waals surface area contributed by atoms with Crippen LogP contribution in [0.1, 0.15) is 18.5 Å². The van der Waals surface area contributed by atoms with Gasteiger partial charge in [-0.25, -0.2) is 4.79 Å². The van der Waals surface area contributed by atoms with E-state index in [0.29, 0.717) is 5.75 Å². The van der Waals surface area contributed by atoms with Gasteiger partial charge in [-0.05, 0) is 13.0 Å². The number of benzene rings is 1. The van der Waals surface area contributed by atoms with E-state index in [4.69, 9.17) is 9.84 Å². The predicted octanol–water partition coefficient (Wildman–Crippen LogP) is 1.51. The van der Waals surface area contributed by atoms with E-state index in [2.05, 4.69) is 5.32 Å². The lowest BCUT2D eigenvalue weighted by atomic mass is 10.1. The first-order valence-electron chi connectivity index (χ1n) is 5.39. The van der Waals surface area contributed by atoms with Crippen molar-refractivity contribution in [2.75, 3.05) is 7.11 Å². The largest absolute Gasteiger partial charge is 0.496 e. The third-order valence-electron chi connectivity index (χ3n) is 2.34. The molecule has 2 N–H and O–H groups in total. The van der Waals surface area contributed by atoms with E-state index in [1.54, 1.807) is 20.1 Å². The molecule has 0 bridgehead atoms. The molecule has 0 aliphatic carbocycles. The van der Waals surface area contributed by atoms with Crippen molar-refractivity contribution < 1.29 is 19.4 Å². The third kappa shape index (κ3) is 3.93. The highest BCUT2D eigenvalue weighted by atomic mass is 16.5. The number of carboxylic acids is 1. The molecular formula is C13H15NO4. The number of hydrogen-bond acceptors (Lipinski definition) is 3. The Balaban J connectivity index is 2.73. The summed E-state index contributed by atoms with van der Waals surface area (Å²) in [5.41, 5.74) is 0.831. The zero-order valence-electron chi connectivity index (χ0n) is 10.2. The van der Waals surface area contributed by atoms with Gasteiger partial charge in [-0.1, -0.05) is 18.2 Å². The van der Waals surface area contributed by atoms with E-state index in [-0.39, 0.29) is 6.04 Å². The number of carbonyl (C=O) groups excluding carboxylic acids is 1. The molecule has 0 aliphatic rings. The van der Waals surface area contributed by atoms with Gasteiger partial charge in [-0.15, -0.1) is 0 Å². The molecule has 1 amide bonds. The van der Waals surface area contributed by atoms with Gasteiger partial charge < -0.3 is 15.2 Å². The molecule has 0 fully saturated rings. The molecule has 0 radical (unpaired) electrons. The number of amides is 1. The van der Waals surface area contributed by atoms with Gasteiger partial charge in [0.2, 0.25) is 5.91 Å². The second-order valence-corrected chi connectivity index (χ2v) is 3.64. The molecule has 0 spiro atoms. The number of methoxy groups -OCH3 is 1. The summed E-state index contributed by atoms with van der Waals surface area (Å²) in [7, 11) is 1.55. The molecule has 5 heteroatoms. The normalized spacial score (nSPS) is 12.1. The highest BCUT2D eigenvalue weighted by Crippen LogP contribution is 2.24. The van der Waals surface area contributed by atoms with Crippen LogP contribution >= 0.6 is 0 Å². The first-order valence-corrected chi connectivity index (χ1v) is 5.39. The Hall–Kier alpha value is -2.30. The predicted molar refractivity (Wildman–Crippen MR) is 66.3 cm³/mol. The van der Waals surface area contributed by atoms with Crippen LogP contribution in [-0.2, 0) is 9.59 Å². The van der Waals surface area contributed by atoms with Gasteiger partial charge in [0.05, 0.1) is 13.2 Å². The Labute approximate surface area is 105 Å². The molecular weight excluding hydrogens is 234 g/mol. The number of ether oxygens (including phenoxy) is 1. The maximum absolute atomic E-state index is 11.4. The smallest absolute Gasteiger partial charge is 0.328 e.